The number of rotatable bonds is 5. The smallest absolute Gasteiger partial charge is 0.283 e. The molecule has 0 saturated carbocycles. The van der Waals surface area contributed by atoms with Crippen molar-refractivity contribution in [1.82, 2.24) is 24.6 Å². The van der Waals surface area contributed by atoms with Crippen LogP contribution >= 0.6 is 0 Å². The maximum atomic E-state index is 15.2. The second-order valence-electron chi connectivity index (χ2n) is 11.0. The summed E-state index contributed by atoms with van der Waals surface area (Å²) in [4.78, 5) is 47.3. The molecule has 216 valence electrons. The standard InChI is InChI=1S/C30H30FN7O4/c1-30(2,3)19-9-17-13-35-38(29(41)26(17)23(31)11-19)27-22(15-39)21(5-6-34-27)18-10-24(28(40)37(4)14-18)36-25(32)12-20-16-42-8-7-33-20/h5-6,9-15,33H,7-8,16H2,1-4H3,(H2,32,36)/b20-12-. The first-order chi connectivity index (χ1) is 20.0. The number of benzene rings is 1. The topological polar surface area (TPSA) is 146 Å². The second kappa shape index (κ2) is 11.1. The van der Waals surface area contributed by atoms with Gasteiger partial charge in [-0.3, -0.25) is 14.4 Å². The van der Waals surface area contributed by atoms with Gasteiger partial charge < -0.3 is 20.4 Å². The number of hydrogen-bond acceptors (Lipinski definition) is 8. The van der Waals surface area contributed by atoms with Crippen LogP contribution in [0.1, 0.15) is 36.7 Å². The third kappa shape index (κ3) is 5.48. The predicted octanol–water partition coefficient (Wildman–Crippen LogP) is 2.89. The van der Waals surface area contributed by atoms with Gasteiger partial charge in [-0.1, -0.05) is 20.8 Å². The Labute approximate surface area is 240 Å². The lowest BCUT2D eigenvalue weighted by Crippen LogP contribution is -2.30. The van der Waals surface area contributed by atoms with Crippen molar-refractivity contribution in [2.24, 2.45) is 17.8 Å². The molecule has 1 fully saturated rings. The van der Waals surface area contributed by atoms with Gasteiger partial charge in [-0.2, -0.15) is 9.78 Å². The van der Waals surface area contributed by atoms with E-state index >= 15 is 4.39 Å². The number of nitrogens with one attached hydrogen (secondary N) is 1. The fourth-order valence-electron chi connectivity index (χ4n) is 4.70. The molecule has 4 aromatic rings. The summed E-state index contributed by atoms with van der Waals surface area (Å²) in [5, 5.41) is 7.56. The number of amidine groups is 1. The summed E-state index contributed by atoms with van der Waals surface area (Å²) in [7, 11) is 1.54. The van der Waals surface area contributed by atoms with Gasteiger partial charge in [-0.25, -0.2) is 14.4 Å². The normalized spacial score (nSPS) is 15.2. The molecule has 3 N–H and O–H groups in total. The highest BCUT2D eigenvalue weighted by molar-refractivity contribution is 5.95. The van der Waals surface area contributed by atoms with Gasteiger partial charge in [0.05, 0.1) is 30.4 Å². The lowest BCUT2D eigenvalue weighted by molar-refractivity contribution is 0.112. The van der Waals surface area contributed by atoms with E-state index in [1.807, 2.05) is 20.8 Å². The number of halogens is 1. The number of nitrogens with zero attached hydrogens (tertiary/aromatic N) is 5. The first-order valence-corrected chi connectivity index (χ1v) is 13.2. The zero-order valence-corrected chi connectivity index (χ0v) is 23.6. The lowest BCUT2D eigenvalue weighted by atomic mass is 9.86. The van der Waals surface area contributed by atoms with E-state index in [0.717, 1.165) is 10.4 Å². The van der Waals surface area contributed by atoms with Crippen LogP contribution in [0.5, 0.6) is 0 Å². The number of pyridine rings is 2. The summed E-state index contributed by atoms with van der Waals surface area (Å²) in [6, 6.07) is 6.13. The molecule has 0 atom stereocenters. The number of nitrogens with two attached hydrogens (primary N) is 1. The Morgan fingerprint density at radius 3 is 2.69 bits per heavy atom. The number of aromatic nitrogens is 4. The van der Waals surface area contributed by atoms with Gasteiger partial charge in [0.25, 0.3) is 11.1 Å². The minimum absolute atomic E-state index is 0.0189. The summed E-state index contributed by atoms with van der Waals surface area (Å²) >= 11 is 0. The Morgan fingerprint density at radius 2 is 2.00 bits per heavy atom. The van der Waals surface area contributed by atoms with Crippen molar-refractivity contribution >= 4 is 28.6 Å². The van der Waals surface area contributed by atoms with Gasteiger partial charge in [0, 0.05) is 48.7 Å². The highest BCUT2D eigenvalue weighted by atomic mass is 19.1. The van der Waals surface area contributed by atoms with Crippen LogP contribution in [0, 0.1) is 5.82 Å². The average molecular weight is 572 g/mol. The highest BCUT2D eigenvalue weighted by Gasteiger charge is 2.21. The monoisotopic (exact) mass is 571 g/mol. The first-order valence-electron chi connectivity index (χ1n) is 13.2. The van der Waals surface area contributed by atoms with Crippen molar-refractivity contribution < 1.29 is 13.9 Å². The van der Waals surface area contributed by atoms with E-state index in [4.69, 9.17) is 10.5 Å². The summed E-state index contributed by atoms with van der Waals surface area (Å²) in [5.74, 6) is -0.683. The number of aliphatic imine (C=N–C) groups is 1. The number of morpholine rings is 1. The zero-order valence-electron chi connectivity index (χ0n) is 23.6. The Bertz CT molecular complexity index is 1890. The molecule has 1 saturated heterocycles. The van der Waals surface area contributed by atoms with Crippen molar-refractivity contribution in [3.05, 3.63) is 92.3 Å². The molecular weight excluding hydrogens is 541 g/mol. The van der Waals surface area contributed by atoms with Crippen LogP contribution in [0.15, 0.2) is 69.2 Å². The number of aldehydes is 1. The molecule has 3 aromatic heterocycles. The van der Waals surface area contributed by atoms with E-state index in [9.17, 15) is 14.4 Å². The van der Waals surface area contributed by atoms with Gasteiger partial charge in [0.1, 0.15) is 17.3 Å². The molecule has 0 spiro atoms. The van der Waals surface area contributed by atoms with Gasteiger partial charge >= 0.3 is 0 Å². The summed E-state index contributed by atoms with van der Waals surface area (Å²) in [5.41, 5.74) is 6.89. The Kier molecular flexibility index (Phi) is 7.57. The van der Waals surface area contributed by atoms with E-state index in [1.54, 1.807) is 25.3 Å². The molecule has 0 unspecified atom stereocenters. The number of hydrogen-bond donors (Lipinski definition) is 2. The van der Waals surface area contributed by atoms with Crippen LogP contribution < -0.4 is 22.2 Å². The van der Waals surface area contributed by atoms with Crippen LogP contribution in [0.3, 0.4) is 0 Å². The largest absolute Gasteiger partial charge is 0.384 e. The van der Waals surface area contributed by atoms with Gasteiger partial charge in [0.2, 0.25) is 0 Å². The van der Waals surface area contributed by atoms with Crippen molar-refractivity contribution in [3.63, 3.8) is 0 Å². The Hall–Kier alpha value is -4.97. The molecule has 11 nitrogen and oxygen atoms in total. The van der Waals surface area contributed by atoms with Crippen LogP contribution in [-0.2, 0) is 17.2 Å². The summed E-state index contributed by atoms with van der Waals surface area (Å²) in [6.07, 6.45) is 6.44. The summed E-state index contributed by atoms with van der Waals surface area (Å²) < 4.78 is 22.8. The minimum atomic E-state index is -0.759. The second-order valence-corrected chi connectivity index (χ2v) is 11.0. The number of carbonyl (C=O) groups excluding carboxylic acids is 1. The summed E-state index contributed by atoms with van der Waals surface area (Å²) in [6.45, 7) is 7.39. The molecule has 4 heterocycles. The van der Waals surface area contributed by atoms with E-state index in [1.165, 1.54) is 35.3 Å². The fourth-order valence-corrected chi connectivity index (χ4v) is 4.70. The van der Waals surface area contributed by atoms with Gasteiger partial charge in [0.15, 0.2) is 12.1 Å². The van der Waals surface area contributed by atoms with E-state index in [2.05, 4.69) is 20.4 Å². The first kappa shape index (κ1) is 28.6. The van der Waals surface area contributed by atoms with Gasteiger partial charge in [-0.05, 0) is 40.8 Å². The third-order valence-electron chi connectivity index (χ3n) is 6.90. The molecule has 0 amide bonds. The molecule has 12 heteroatoms. The predicted molar refractivity (Wildman–Crippen MR) is 158 cm³/mol. The number of aryl methyl sites for hydroxylation is 1. The van der Waals surface area contributed by atoms with Crippen molar-refractivity contribution in [2.75, 3.05) is 19.8 Å². The molecule has 0 radical (unpaired) electrons. The molecular formula is C30H30FN7O4. The SMILES string of the molecule is Cn1cc(-c2ccnc(-n3ncc4cc(C(C)(C)C)cc(F)c4c3=O)c2C=O)cc(N=C(N)/C=C2/COCCN2)c1=O. The van der Waals surface area contributed by atoms with Crippen LogP contribution in [0.2, 0.25) is 0 Å². The molecule has 0 bridgehead atoms. The van der Waals surface area contributed by atoms with Crippen molar-refractivity contribution in [3.8, 4) is 16.9 Å². The molecule has 0 aliphatic carbocycles. The van der Waals surface area contributed by atoms with Gasteiger partial charge in [-0.15, -0.1) is 0 Å². The number of carbonyl (C=O) groups is 1. The molecule has 5 rings (SSSR count). The zero-order chi connectivity index (χ0) is 30.2. The third-order valence-corrected chi connectivity index (χ3v) is 6.90. The average Bonchev–Trinajstić information content (AvgIpc) is 2.95. The van der Waals surface area contributed by atoms with E-state index in [-0.39, 0.29) is 33.7 Å². The lowest BCUT2D eigenvalue weighted by Gasteiger charge is -2.20. The minimum Gasteiger partial charge on any atom is -0.384 e. The number of fused-ring (bicyclic) bond motifs is 1. The van der Waals surface area contributed by atoms with Crippen LogP contribution in [0.4, 0.5) is 10.1 Å². The quantitative estimate of drug-likeness (QED) is 0.211. The highest BCUT2D eigenvalue weighted by Crippen LogP contribution is 2.29. The molecule has 42 heavy (non-hydrogen) atoms. The molecule has 1 aromatic carbocycles. The fraction of sp³-hybridized carbons (Fsp3) is 0.267. The number of ether oxygens (including phenoxy) is 1. The maximum absolute atomic E-state index is 15.2. The van der Waals surface area contributed by atoms with Crippen molar-refractivity contribution in [1.29, 1.82) is 0 Å². The maximum Gasteiger partial charge on any atom is 0.283 e. The molecule has 1 aliphatic heterocycles. The van der Waals surface area contributed by atoms with Crippen LogP contribution in [-0.4, -0.2) is 51.2 Å². The Morgan fingerprint density at radius 1 is 1.21 bits per heavy atom. The van der Waals surface area contributed by atoms with Crippen LogP contribution in [0.25, 0.3) is 27.7 Å². The molecule has 1 aliphatic rings. The van der Waals surface area contributed by atoms with E-state index < -0.39 is 16.9 Å². The van der Waals surface area contributed by atoms with E-state index in [0.29, 0.717) is 48.1 Å². The Balaban J connectivity index is 1.63. The van der Waals surface area contributed by atoms with Crippen molar-refractivity contribution in [2.45, 2.75) is 26.2 Å².